The van der Waals surface area contributed by atoms with Crippen LogP contribution in [0.5, 0.6) is 0 Å². The SMILES string of the molecule is CC(C)(O)C#CCCCCCl. The number of unbranched alkanes of at least 4 members (excludes halogenated alkanes) is 2. The quantitative estimate of drug-likeness (QED) is 0.395. The van der Waals surface area contributed by atoms with E-state index in [1.807, 2.05) is 0 Å². The molecule has 11 heavy (non-hydrogen) atoms. The molecule has 0 aliphatic rings. The Labute approximate surface area is 73.8 Å². The lowest BCUT2D eigenvalue weighted by Gasteiger charge is -2.05. The van der Waals surface area contributed by atoms with Crippen LogP contribution in [0.15, 0.2) is 0 Å². The Bertz CT molecular complexity index is 147. The van der Waals surface area contributed by atoms with E-state index in [9.17, 15) is 5.11 Å². The zero-order valence-electron chi connectivity index (χ0n) is 7.15. The lowest BCUT2D eigenvalue weighted by Crippen LogP contribution is -2.14. The second-order valence-electron chi connectivity index (χ2n) is 3.01. The maximum absolute atomic E-state index is 9.17. The largest absolute Gasteiger partial charge is 0.378 e. The fraction of sp³-hybridized carbons (Fsp3) is 0.778. The van der Waals surface area contributed by atoms with Crippen molar-refractivity contribution in [2.75, 3.05) is 5.88 Å². The Morgan fingerprint density at radius 1 is 1.36 bits per heavy atom. The highest BCUT2D eigenvalue weighted by molar-refractivity contribution is 6.17. The van der Waals surface area contributed by atoms with Crippen molar-refractivity contribution in [1.82, 2.24) is 0 Å². The second kappa shape index (κ2) is 5.46. The number of hydrogen-bond acceptors (Lipinski definition) is 1. The van der Waals surface area contributed by atoms with Gasteiger partial charge in [0.05, 0.1) is 0 Å². The van der Waals surface area contributed by atoms with E-state index in [0.717, 1.165) is 19.3 Å². The van der Waals surface area contributed by atoms with Crippen molar-refractivity contribution >= 4 is 11.6 Å². The molecular formula is C9H15ClO. The van der Waals surface area contributed by atoms with Crippen molar-refractivity contribution in [1.29, 1.82) is 0 Å². The second-order valence-corrected chi connectivity index (χ2v) is 3.38. The summed E-state index contributed by atoms with van der Waals surface area (Å²) in [7, 11) is 0. The molecule has 0 aromatic carbocycles. The van der Waals surface area contributed by atoms with Gasteiger partial charge in [0.25, 0.3) is 0 Å². The third kappa shape index (κ3) is 9.81. The van der Waals surface area contributed by atoms with Crippen LogP contribution in [0.2, 0.25) is 0 Å². The van der Waals surface area contributed by atoms with Crippen molar-refractivity contribution in [3.63, 3.8) is 0 Å². The molecule has 0 aliphatic heterocycles. The van der Waals surface area contributed by atoms with E-state index in [1.165, 1.54) is 0 Å². The Kier molecular flexibility index (Phi) is 5.36. The van der Waals surface area contributed by atoms with Crippen molar-refractivity contribution in [3.8, 4) is 11.8 Å². The van der Waals surface area contributed by atoms with Gasteiger partial charge in [0.2, 0.25) is 0 Å². The summed E-state index contributed by atoms with van der Waals surface area (Å²) in [5.41, 5.74) is -0.846. The first-order chi connectivity index (χ1) is 5.06. The number of aliphatic hydroxyl groups is 1. The monoisotopic (exact) mass is 174 g/mol. The first-order valence-electron chi connectivity index (χ1n) is 3.84. The van der Waals surface area contributed by atoms with Gasteiger partial charge in [-0.3, -0.25) is 0 Å². The van der Waals surface area contributed by atoms with Crippen LogP contribution < -0.4 is 0 Å². The van der Waals surface area contributed by atoms with Gasteiger partial charge in [-0.05, 0) is 26.7 Å². The minimum absolute atomic E-state index is 0.699. The Balaban J connectivity index is 3.41. The summed E-state index contributed by atoms with van der Waals surface area (Å²) < 4.78 is 0. The van der Waals surface area contributed by atoms with E-state index in [1.54, 1.807) is 13.8 Å². The fourth-order valence-corrected chi connectivity index (χ4v) is 0.776. The van der Waals surface area contributed by atoms with E-state index in [0.29, 0.717) is 5.88 Å². The standard InChI is InChI=1S/C9H15ClO/c1-9(2,11)7-5-3-4-6-8-10/h11H,3-4,6,8H2,1-2H3. The summed E-state index contributed by atoms with van der Waals surface area (Å²) in [5.74, 6) is 6.34. The third-order valence-corrected chi connectivity index (χ3v) is 1.35. The molecule has 0 fully saturated rings. The highest BCUT2D eigenvalue weighted by Gasteiger charge is 2.04. The Morgan fingerprint density at radius 3 is 2.45 bits per heavy atom. The third-order valence-electron chi connectivity index (χ3n) is 1.08. The molecule has 2 heteroatoms. The highest BCUT2D eigenvalue weighted by atomic mass is 35.5. The summed E-state index contributed by atoms with van der Waals surface area (Å²) >= 11 is 5.47. The predicted octanol–water partition coefficient (Wildman–Crippen LogP) is 2.17. The van der Waals surface area contributed by atoms with Gasteiger partial charge in [-0.2, -0.15) is 0 Å². The first kappa shape index (κ1) is 10.8. The molecule has 1 N–H and O–H groups in total. The zero-order valence-corrected chi connectivity index (χ0v) is 7.91. The predicted molar refractivity (Wildman–Crippen MR) is 48.6 cm³/mol. The van der Waals surface area contributed by atoms with Crippen LogP contribution >= 0.6 is 11.6 Å². The maximum atomic E-state index is 9.17. The molecular weight excluding hydrogens is 160 g/mol. The van der Waals surface area contributed by atoms with Crippen LogP contribution in [0.4, 0.5) is 0 Å². The van der Waals surface area contributed by atoms with Gasteiger partial charge in [0.1, 0.15) is 5.60 Å². The highest BCUT2D eigenvalue weighted by Crippen LogP contribution is 1.99. The van der Waals surface area contributed by atoms with E-state index in [4.69, 9.17) is 11.6 Å². The smallest absolute Gasteiger partial charge is 0.119 e. The molecule has 0 aromatic heterocycles. The van der Waals surface area contributed by atoms with Crippen molar-refractivity contribution in [2.45, 2.75) is 38.7 Å². The van der Waals surface area contributed by atoms with Crippen LogP contribution in [-0.4, -0.2) is 16.6 Å². The molecule has 0 bridgehead atoms. The molecule has 0 radical (unpaired) electrons. The van der Waals surface area contributed by atoms with Gasteiger partial charge < -0.3 is 5.11 Å². The maximum Gasteiger partial charge on any atom is 0.119 e. The average Bonchev–Trinajstić information content (AvgIpc) is 1.85. The van der Waals surface area contributed by atoms with E-state index in [2.05, 4.69) is 11.8 Å². The number of hydrogen-bond donors (Lipinski definition) is 1. The summed E-state index contributed by atoms with van der Waals surface area (Å²) in [6.07, 6.45) is 2.85. The molecule has 0 spiro atoms. The average molecular weight is 175 g/mol. The van der Waals surface area contributed by atoms with Crippen LogP contribution in [0.3, 0.4) is 0 Å². The normalized spacial score (nSPS) is 10.5. The van der Waals surface area contributed by atoms with Crippen molar-refractivity contribution in [2.24, 2.45) is 0 Å². The molecule has 0 atom stereocenters. The van der Waals surface area contributed by atoms with E-state index < -0.39 is 5.60 Å². The van der Waals surface area contributed by atoms with Crippen molar-refractivity contribution < 1.29 is 5.11 Å². The first-order valence-corrected chi connectivity index (χ1v) is 4.38. The summed E-state index contributed by atoms with van der Waals surface area (Å²) in [6, 6.07) is 0. The van der Waals surface area contributed by atoms with Crippen molar-refractivity contribution in [3.05, 3.63) is 0 Å². The lowest BCUT2D eigenvalue weighted by molar-refractivity contribution is 0.143. The van der Waals surface area contributed by atoms with Crippen LogP contribution in [0, 0.1) is 11.8 Å². The molecule has 0 heterocycles. The van der Waals surface area contributed by atoms with E-state index in [-0.39, 0.29) is 0 Å². The van der Waals surface area contributed by atoms with Gasteiger partial charge >= 0.3 is 0 Å². The summed E-state index contributed by atoms with van der Waals surface area (Å²) in [5, 5.41) is 9.17. The molecule has 1 nitrogen and oxygen atoms in total. The minimum Gasteiger partial charge on any atom is -0.378 e. The number of alkyl halides is 1. The van der Waals surface area contributed by atoms with Crippen LogP contribution in [-0.2, 0) is 0 Å². The van der Waals surface area contributed by atoms with Crippen LogP contribution in [0.1, 0.15) is 33.1 Å². The molecule has 0 rings (SSSR count). The number of halogens is 1. The van der Waals surface area contributed by atoms with Gasteiger partial charge in [-0.25, -0.2) is 0 Å². The van der Waals surface area contributed by atoms with Gasteiger partial charge in [-0.15, -0.1) is 17.5 Å². The number of rotatable bonds is 3. The Morgan fingerprint density at radius 2 is 2.00 bits per heavy atom. The lowest BCUT2D eigenvalue weighted by atomic mass is 10.1. The van der Waals surface area contributed by atoms with Gasteiger partial charge in [-0.1, -0.05) is 5.92 Å². The molecule has 0 aliphatic carbocycles. The molecule has 0 amide bonds. The van der Waals surface area contributed by atoms with Gasteiger partial charge in [0.15, 0.2) is 0 Å². The van der Waals surface area contributed by atoms with E-state index >= 15 is 0 Å². The topological polar surface area (TPSA) is 20.2 Å². The molecule has 0 aromatic rings. The minimum atomic E-state index is -0.846. The molecule has 0 unspecified atom stereocenters. The summed E-state index contributed by atoms with van der Waals surface area (Å²) in [4.78, 5) is 0. The molecule has 0 saturated carbocycles. The molecule has 0 saturated heterocycles. The molecule has 64 valence electrons. The Hall–Kier alpha value is -0.190. The van der Waals surface area contributed by atoms with Gasteiger partial charge in [0, 0.05) is 12.3 Å². The van der Waals surface area contributed by atoms with Crippen LogP contribution in [0.25, 0.3) is 0 Å². The fourth-order valence-electron chi connectivity index (χ4n) is 0.587. The zero-order chi connectivity index (χ0) is 8.74. The summed E-state index contributed by atoms with van der Waals surface area (Å²) in [6.45, 7) is 3.36.